The van der Waals surface area contributed by atoms with Gasteiger partial charge in [-0.1, -0.05) is 27.7 Å². The monoisotopic (exact) mass is 401 g/mol. The van der Waals surface area contributed by atoms with Crippen LogP contribution in [0.2, 0.25) is 0 Å². The van der Waals surface area contributed by atoms with Gasteiger partial charge in [0.2, 0.25) is 5.91 Å². The van der Waals surface area contributed by atoms with Crippen molar-refractivity contribution in [1.29, 1.82) is 0 Å². The Morgan fingerprint density at radius 2 is 1.46 bits per heavy atom. The van der Waals surface area contributed by atoms with E-state index in [4.69, 9.17) is 14.2 Å². The lowest BCUT2D eigenvalue weighted by atomic mass is 10.1. The van der Waals surface area contributed by atoms with Gasteiger partial charge in [-0.25, -0.2) is 0 Å². The smallest absolute Gasteiger partial charge is 0.220 e. The zero-order chi connectivity index (χ0) is 21.2. The fourth-order valence-electron chi connectivity index (χ4n) is 2.08. The van der Waals surface area contributed by atoms with Crippen LogP contribution in [-0.2, 0) is 28.6 Å². The molecule has 0 unspecified atom stereocenters. The molecule has 7 nitrogen and oxygen atoms in total. The highest BCUT2D eigenvalue weighted by Crippen LogP contribution is 2.02. The first-order valence-corrected chi connectivity index (χ1v) is 10.4. The van der Waals surface area contributed by atoms with Crippen molar-refractivity contribution in [2.75, 3.05) is 46.2 Å². The fourth-order valence-corrected chi connectivity index (χ4v) is 2.08. The van der Waals surface area contributed by atoms with Gasteiger partial charge in [0.25, 0.3) is 0 Å². The zero-order valence-electron chi connectivity index (χ0n) is 18.1. The topological polar surface area (TPSA) is 90.9 Å². The Morgan fingerprint density at radius 1 is 0.786 bits per heavy atom. The average molecular weight is 402 g/mol. The van der Waals surface area contributed by atoms with E-state index in [2.05, 4.69) is 19.2 Å². The lowest BCUT2D eigenvalue weighted by Gasteiger charge is -2.08. The minimum absolute atomic E-state index is 0.0222. The van der Waals surface area contributed by atoms with Crippen molar-refractivity contribution in [3.63, 3.8) is 0 Å². The molecule has 0 aromatic heterocycles. The Labute approximate surface area is 169 Å². The van der Waals surface area contributed by atoms with Crippen molar-refractivity contribution >= 4 is 17.5 Å². The van der Waals surface area contributed by atoms with Crippen molar-refractivity contribution in [2.24, 2.45) is 11.8 Å². The van der Waals surface area contributed by atoms with E-state index in [9.17, 15) is 14.4 Å². The van der Waals surface area contributed by atoms with Crippen LogP contribution in [0.15, 0.2) is 0 Å². The molecule has 164 valence electrons. The Hall–Kier alpha value is -1.31. The van der Waals surface area contributed by atoms with E-state index in [0.29, 0.717) is 51.7 Å². The van der Waals surface area contributed by atoms with Crippen LogP contribution >= 0.6 is 0 Å². The van der Waals surface area contributed by atoms with Crippen LogP contribution in [0.3, 0.4) is 0 Å². The van der Waals surface area contributed by atoms with Gasteiger partial charge in [0.1, 0.15) is 12.4 Å². The summed E-state index contributed by atoms with van der Waals surface area (Å²) in [7, 11) is 0. The maximum absolute atomic E-state index is 11.8. The summed E-state index contributed by atoms with van der Waals surface area (Å²) in [5.41, 5.74) is 0. The molecule has 0 heterocycles. The van der Waals surface area contributed by atoms with Gasteiger partial charge in [-0.2, -0.15) is 0 Å². The third-order valence-electron chi connectivity index (χ3n) is 4.04. The number of nitrogens with one attached hydrogen (secondary N) is 1. The molecule has 0 fully saturated rings. The second-order valence-electron chi connectivity index (χ2n) is 7.57. The third-order valence-corrected chi connectivity index (χ3v) is 4.04. The van der Waals surface area contributed by atoms with Gasteiger partial charge in [0, 0.05) is 44.9 Å². The average Bonchev–Trinajstić information content (AvgIpc) is 2.64. The van der Waals surface area contributed by atoms with Crippen LogP contribution in [0.1, 0.15) is 59.8 Å². The van der Waals surface area contributed by atoms with Gasteiger partial charge < -0.3 is 19.5 Å². The number of rotatable bonds is 19. The highest BCUT2D eigenvalue weighted by Gasteiger charge is 2.08. The summed E-state index contributed by atoms with van der Waals surface area (Å²) in [6, 6.07) is 0. The van der Waals surface area contributed by atoms with Crippen molar-refractivity contribution in [3.05, 3.63) is 0 Å². The van der Waals surface area contributed by atoms with Gasteiger partial charge in [0.05, 0.1) is 19.8 Å². The number of hydrogen-bond donors (Lipinski definition) is 1. The lowest BCUT2D eigenvalue weighted by molar-refractivity contribution is -0.127. The summed E-state index contributed by atoms with van der Waals surface area (Å²) >= 11 is 0. The molecule has 0 atom stereocenters. The Kier molecular flexibility index (Phi) is 16.9. The molecule has 28 heavy (non-hydrogen) atoms. The molecule has 0 radical (unpaired) electrons. The van der Waals surface area contributed by atoms with E-state index in [-0.39, 0.29) is 42.8 Å². The minimum atomic E-state index is -0.149. The molecule has 0 aromatic rings. The standard InChI is InChI=1S/C21H39NO6/c1-17(2)9-12-26-11-5-6-19(23)7-8-21(25)22-10-13-27-14-15-28-16-20(24)18(3)4/h17-18H,5-16H2,1-4H3,(H,22,25). The molecular weight excluding hydrogens is 362 g/mol. The molecule has 0 aliphatic rings. The number of hydrogen-bond acceptors (Lipinski definition) is 6. The molecule has 0 saturated carbocycles. The quantitative estimate of drug-likeness (QED) is 0.335. The summed E-state index contributed by atoms with van der Waals surface area (Å²) < 4.78 is 16.0. The molecule has 0 aromatic carbocycles. The first-order chi connectivity index (χ1) is 13.3. The highest BCUT2D eigenvalue weighted by molar-refractivity contribution is 5.84. The van der Waals surface area contributed by atoms with Crippen molar-refractivity contribution in [2.45, 2.75) is 59.8 Å². The van der Waals surface area contributed by atoms with Gasteiger partial charge in [0.15, 0.2) is 5.78 Å². The molecule has 7 heteroatoms. The van der Waals surface area contributed by atoms with Crippen LogP contribution in [0.4, 0.5) is 0 Å². The second-order valence-corrected chi connectivity index (χ2v) is 7.57. The number of carbonyl (C=O) groups excluding carboxylic acids is 3. The molecule has 0 spiro atoms. The van der Waals surface area contributed by atoms with E-state index in [1.54, 1.807) is 0 Å². The second kappa shape index (κ2) is 17.8. The minimum Gasteiger partial charge on any atom is -0.381 e. The maximum atomic E-state index is 11.8. The van der Waals surface area contributed by atoms with Crippen LogP contribution in [0.5, 0.6) is 0 Å². The van der Waals surface area contributed by atoms with Crippen LogP contribution in [-0.4, -0.2) is 63.7 Å². The summed E-state index contributed by atoms with van der Waals surface area (Å²) in [5, 5.41) is 2.72. The van der Waals surface area contributed by atoms with E-state index in [1.807, 2.05) is 13.8 Å². The Balaban J connectivity index is 3.43. The number of ketones is 2. The van der Waals surface area contributed by atoms with Crippen molar-refractivity contribution < 1.29 is 28.6 Å². The molecule has 0 saturated heterocycles. The lowest BCUT2D eigenvalue weighted by Crippen LogP contribution is -2.28. The maximum Gasteiger partial charge on any atom is 0.220 e. The number of amides is 1. The molecule has 0 rings (SSSR count). The molecule has 1 N–H and O–H groups in total. The summed E-state index contributed by atoms with van der Waals surface area (Å²) in [5.74, 6) is 0.613. The van der Waals surface area contributed by atoms with Crippen LogP contribution in [0, 0.1) is 11.8 Å². The molecule has 1 amide bonds. The van der Waals surface area contributed by atoms with E-state index in [1.165, 1.54) is 0 Å². The van der Waals surface area contributed by atoms with Gasteiger partial charge in [-0.05, 0) is 18.8 Å². The SMILES string of the molecule is CC(C)CCOCCCC(=O)CCC(=O)NCCOCCOCC(=O)C(C)C. The van der Waals surface area contributed by atoms with Crippen LogP contribution < -0.4 is 5.32 Å². The highest BCUT2D eigenvalue weighted by atomic mass is 16.5. The van der Waals surface area contributed by atoms with Crippen molar-refractivity contribution in [1.82, 2.24) is 5.32 Å². The predicted molar refractivity (Wildman–Crippen MR) is 108 cm³/mol. The zero-order valence-corrected chi connectivity index (χ0v) is 18.1. The first kappa shape index (κ1) is 26.7. The van der Waals surface area contributed by atoms with Crippen LogP contribution in [0.25, 0.3) is 0 Å². The fraction of sp³-hybridized carbons (Fsp3) is 0.857. The number of ether oxygens (including phenoxy) is 3. The summed E-state index contributed by atoms with van der Waals surface area (Å²) in [6.07, 6.45) is 2.65. The number of Topliss-reactive ketones (excluding diaryl/α,β-unsaturated/α-hetero) is 2. The third kappa shape index (κ3) is 18.1. The van der Waals surface area contributed by atoms with Crippen molar-refractivity contribution in [3.8, 4) is 0 Å². The summed E-state index contributed by atoms with van der Waals surface area (Å²) in [4.78, 5) is 34.8. The Bertz CT molecular complexity index is 437. The van der Waals surface area contributed by atoms with E-state index >= 15 is 0 Å². The van der Waals surface area contributed by atoms with E-state index in [0.717, 1.165) is 13.0 Å². The molecule has 0 aliphatic heterocycles. The van der Waals surface area contributed by atoms with Gasteiger partial charge in [-0.15, -0.1) is 0 Å². The molecule has 0 bridgehead atoms. The largest absolute Gasteiger partial charge is 0.381 e. The first-order valence-electron chi connectivity index (χ1n) is 10.4. The van der Waals surface area contributed by atoms with Gasteiger partial charge >= 0.3 is 0 Å². The Morgan fingerprint density at radius 3 is 2.14 bits per heavy atom. The van der Waals surface area contributed by atoms with E-state index < -0.39 is 0 Å². The summed E-state index contributed by atoms with van der Waals surface area (Å²) in [6.45, 7) is 10.9. The molecular formula is C21H39NO6. The molecule has 0 aliphatic carbocycles. The normalized spacial score (nSPS) is 11.2. The van der Waals surface area contributed by atoms with Gasteiger partial charge in [-0.3, -0.25) is 14.4 Å². The number of carbonyl (C=O) groups is 3. The predicted octanol–water partition coefficient (Wildman–Crippen LogP) is 2.55.